The predicted molar refractivity (Wildman–Crippen MR) is 118 cm³/mol. The minimum atomic E-state index is -0.389. The van der Waals surface area contributed by atoms with Gasteiger partial charge in [-0.15, -0.1) is 0 Å². The largest absolute Gasteiger partial charge is 0.394 e. The number of benzene rings is 3. The maximum absolute atomic E-state index is 14.3. The SMILES string of the molecule is Nc1c(-c2ccc(F)c3[nH]ncc23)c2cc(C3CCC3)c3ccccc3c2[nH]c1=O. The van der Waals surface area contributed by atoms with Gasteiger partial charge >= 0.3 is 0 Å². The van der Waals surface area contributed by atoms with Crippen LogP contribution in [0, 0.1) is 5.82 Å². The van der Waals surface area contributed by atoms with Gasteiger partial charge in [0.05, 0.1) is 11.7 Å². The molecule has 0 radical (unpaired) electrons. The summed E-state index contributed by atoms with van der Waals surface area (Å²) in [6.07, 6.45) is 5.12. The molecule has 0 saturated heterocycles. The number of anilines is 1. The Morgan fingerprint density at radius 1 is 1.00 bits per heavy atom. The van der Waals surface area contributed by atoms with Crippen molar-refractivity contribution >= 4 is 38.3 Å². The van der Waals surface area contributed by atoms with Crippen LogP contribution in [0.5, 0.6) is 0 Å². The van der Waals surface area contributed by atoms with Crippen molar-refractivity contribution in [3.8, 4) is 11.1 Å². The highest BCUT2D eigenvalue weighted by Gasteiger charge is 2.25. The third-order valence-corrected chi connectivity index (χ3v) is 6.48. The highest BCUT2D eigenvalue weighted by Crippen LogP contribution is 2.44. The Morgan fingerprint density at radius 2 is 1.80 bits per heavy atom. The fourth-order valence-corrected chi connectivity index (χ4v) is 4.74. The number of fused-ring (bicyclic) bond motifs is 4. The smallest absolute Gasteiger partial charge is 0.272 e. The van der Waals surface area contributed by atoms with E-state index in [1.165, 1.54) is 18.1 Å². The summed E-state index contributed by atoms with van der Waals surface area (Å²) in [7, 11) is 0. The summed E-state index contributed by atoms with van der Waals surface area (Å²) in [5, 5.41) is 10.4. The van der Waals surface area contributed by atoms with Crippen LogP contribution in [0.4, 0.5) is 10.1 Å². The number of nitrogen functional groups attached to an aromatic ring is 1. The van der Waals surface area contributed by atoms with Crippen molar-refractivity contribution in [3.05, 3.63) is 70.4 Å². The second-order valence-corrected chi connectivity index (χ2v) is 8.06. The van der Waals surface area contributed by atoms with E-state index in [-0.39, 0.29) is 17.1 Å². The number of nitrogens with one attached hydrogen (secondary N) is 2. The van der Waals surface area contributed by atoms with E-state index in [0.717, 1.165) is 34.5 Å². The Morgan fingerprint density at radius 3 is 2.57 bits per heavy atom. The van der Waals surface area contributed by atoms with Gasteiger partial charge in [0.25, 0.3) is 5.56 Å². The van der Waals surface area contributed by atoms with Crippen molar-refractivity contribution in [3.63, 3.8) is 0 Å². The van der Waals surface area contributed by atoms with E-state index >= 15 is 0 Å². The van der Waals surface area contributed by atoms with Crippen LogP contribution in [0.25, 0.3) is 43.7 Å². The van der Waals surface area contributed by atoms with Crippen molar-refractivity contribution in [1.82, 2.24) is 15.2 Å². The zero-order valence-corrected chi connectivity index (χ0v) is 16.1. The molecule has 0 amide bonds. The highest BCUT2D eigenvalue weighted by atomic mass is 19.1. The molecule has 0 spiro atoms. The van der Waals surface area contributed by atoms with Crippen LogP contribution >= 0.6 is 0 Å². The number of aromatic amines is 2. The van der Waals surface area contributed by atoms with Crippen molar-refractivity contribution < 1.29 is 4.39 Å². The van der Waals surface area contributed by atoms with Gasteiger partial charge in [-0.1, -0.05) is 36.8 Å². The van der Waals surface area contributed by atoms with E-state index in [0.29, 0.717) is 27.9 Å². The van der Waals surface area contributed by atoms with Gasteiger partial charge in [0.15, 0.2) is 0 Å². The standard InChI is InChI=1S/C24H19FN4O/c25-19-9-8-14(18-11-27-29-23(18)19)20-17-10-16(12-4-3-5-12)13-6-1-2-7-15(13)22(17)28-24(30)21(20)26/h1-2,6-12H,3-5,26H2,(H,27,29)(H,28,30). The topological polar surface area (TPSA) is 87.6 Å². The van der Waals surface area contributed by atoms with Gasteiger partial charge in [0.2, 0.25) is 0 Å². The zero-order valence-electron chi connectivity index (χ0n) is 16.1. The maximum atomic E-state index is 14.3. The molecule has 0 unspecified atom stereocenters. The third kappa shape index (κ3) is 2.27. The molecule has 0 atom stereocenters. The van der Waals surface area contributed by atoms with Gasteiger partial charge in [-0.2, -0.15) is 5.10 Å². The Kier molecular flexibility index (Phi) is 3.53. The van der Waals surface area contributed by atoms with Gasteiger partial charge < -0.3 is 10.7 Å². The van der Waals surface area contributed by atoms with Crippen LogP contribution in [-0.4, -0.2) is 15.2 Å². The summed E-state index contributed by atoms with van der Waals surface area (Å²) in [6, 6.07) is 13.4. The van der Waals surface area contributed by atoms with Crippen LogP contribution in [0.2, 0.25) is 0 Å². The van der Waals surface area contributed by atoms with Crippen molar-refractivity contribution in [1.29, 1.82) is 0 Å². The molecule has 1 aliphatic rings. The molecule has 1 aliphatic carbocycles. The highest BCUT2D eigenvalue weighted by molar-refractivity contribution is 6.15. The van der Waals surface area contributed by atoms with Gasteiger partial charge in [0, 0.05) is 21.7 Å². The average Bonchev–Trinajstić information content (AvgIpc) is 3.21. The number of pyridine rings is 1. The van der Waals surface area contributed by atoms with E-state index < -0.39 is 0 Å². The van der Waals surface area contributed by atoms with Crippen LogP contribution in [-0.2, 0) is 0 Å². The number of hydrogen-bond acceptors (Lipinski definition) is 3. The molecule has 0 bridgehead atoms. The predicted octanol–water partition coefficient (Wildman–Crippen LogP) is 5.21. The number of rotatable bonds is 2. The fraction of sp³-hybridized carbons (Fsp3) is 0.167. The molecule has 2 aromatic heterocycles. The summed E-state index contributed by atoms with van der Waals surface area (Å²) in [6.45, 7) is 0. The summed E-state index contributed by atoms with van der Waals surface area (Å²) in [4.78, 5) is 15.8. The molecule has 3 aromatic carbocycles. The molecule has 1 saturated carbocycles. The van der Waals surface area contributed by atoms with E-state index in [1.807, 2.05) is 18.2 Å². The lowest BCUT2D eigenvalue weighted by atomic mass is 9.77. The minimum absolute atomic E-state index is 0.131. The van der Waals surface area contributed by atoms with Crippen molar-refractivity contribution in [2.24, 2.45) is 0 Å². The average molecular weight is 398 g/mol. The number of nitrogens with two attached hydrogens (primary N) is 1. The molecule has 5 nitrogen and oxygen atoms in total. The fourth-order valence-electron chi connectivity index (χ4n) is 4.74. The molecule has 30 heavy (non-hydrogen) atoms. The molecule has 6 rings (SSSR count). The lowest BCUT2D eigenvalue weighted by molar-refractivity contribution is 0.422. The van der Waals surface area contributed by atoms with Crippen LogP contribution in [0.15, 0.2) is 53.5 Å². The second kappa shape index (κ2) is 6.16. The molecule has 148 valence electrons. The number of halogens is 1. The molecular formula is C24H19FN4O. The Balaban J connectivity index is 1.81. The molecule has 2 heterocycles. The second-order valence-electron chi connectivity index (χ2n) is 8.06. The Hall–Kier alpha value is -3.67. The van der Waals surface area contributed by atoms with Crippen LogP contribution in [0.1, 0.15) is 30.7 Å². The third-order valence-electron chi connectivity index (χ3n) is 6.48. The Labute approximate surface area is 170 Å². The summed E-state index contributed by atoms with van der Waals surface area (Å²) in [5.74, 6) is 0.113. The first-order chi connectivity index (χ1) is 14.6. The van der Waals surface area contributed by atoms with Gasteiger partial charge in [0.1, 0.15) is 17.0 Å². The normalized spacial score (nSPS) is 14.6. The summed E-state index contributed by atoms with van der Waals surface area (Å²) >= 11 is 0. The number of hydrogen-bond donors (Lipinski definition) is 3. The number of nitrogens with zero attached hydrogens (tertiary/aromatic N) is 1. The maximum Gasteiger partial charge on any atom is 0.272 e. The lowest BCUT2D eigenvalue weighted by Gasteiger charge is -2.28. The molecule has 6 heteroatoms. The van der Waals surface area contributed by atoms with Gasteiger partial charge in [-0.25, -0.2) is 4.39 Å². The number of aromatic nitrogens is 3. The molecular weight excluding hydrogens is 379 g/mol. The van der Waals surface area contributed by atoms with Crippen LogP contribution < -0.4 is 11.3 Å². The van der Waals surface area contributed by atoms with E-state index in [9.17, 15) is 9.18 Å². The minimum Gasteiger partial charge on any atom is -0.394 e. The number of H-pyrrole nitrogens is 2. The molecule has 1 fully saturated rings. The van der Waals surface area contributed by atoms with Crippen LogP contribution in [0.3, 0.4) is 0 Å². The van der Waals surface area contributed by atoms with Crippen molar-refractivity contribution in [2.45, 2.75) is 25.2 Å². The monoisotopic (exact) mass is 398 g/mol. The zero-order chi connectivity index (χ0) is 20.4. The quantitative estimate of drug-likeness (QED) is 0.357. The first-order valence-corrected chi connectivity index (χ1v) is 10.1. The molecule has 0 aliphatic heterocycles. The lowest BCUT2D eigenvalue weighted by Crippen LogP contribution is -2.15. The summed E-state index contributed by atoms with van der Waals surface area (Å²) in [5.41, 5.74) is 9.78. The Bertz CT molecular complexity index is 1530. The molecule has 5 aromatic rings. The van der Waals surface area contributed by atoms with E-state index in [4.69, 9.17) is 5.73 Å². The van der Waals surface area contributed by atoms with Gasteiger partial charge in [-0.3, -0.25) is 9.89 Å². The molecule has 4 N–H and O–H groups in total. The van der Waals surface area contributed by atoms with Crippen molar-refractivity contribution in [2.75, 3.05) is 5.73 Å². The first-order valence-electron chi connectivity index (χ1n) is 10.1. The first kappa shape index (κ1) is 17.2. The van der Waals surface area contributed by atoms with Gasteiger partial charge in [-0.05, 0) is 47.4 Å². The summed E-state index contributed by atoms with van der Waals surface area (Å²) < 4.78 is 14.3. The van der Waals surface area contributed by atoms with E-state index in [1.54, 1.807) is 12.3 Å². The van der Waals surface area contributed by atoms with E-state index in [2.05, 4.69) is 27.3 Å².